The quantitative estimate of drug-likeness (QED) is 0.655. The van der Waals surface area contributed by atoms with Crippen LogP contribution in [0.15, 0.2) is 41.6 Å². The summed E-state index contributed by atoms with van der Waals surface area (Å²) < 4.78 is 11.1. The van der Waals surface area contributed by atoms with Gasteiger partial charge < -0.3 is 25.0 Å². The first-order valence-corrected chi connectivity index (χ1v) is 8.02. The van der Waals surface area contributed by atoms with Crippen molar-refractivity contribution >= 4 is 11.8 Å². The molecule has 1 unspecified atom stereocenters. The van der Waals surface area contributed by atoms with E-state index in [9.17, 15) is 24.7 Å². The minimum atomic E-state index is -0.955. The number of nitrogens with zero attached hydrogens (tertiary/aromatic N) is 1. The van der Waals surface area contributed by atoms with E-state index in [0.29, 0.717) is 22.6 Å². The Morgan fingerprint density at radius 1 is 1.22 bits per heavy atom. The van der Waals surface area contributed by atoms with Crippen molar-refractivity contribution in [3.8, 4) is 23.0 Å². The van der Waals surface area contributed by atoms with Gasteiger partial charge in [-0.3, -0.25) is 9.59 Å². The molecule has 1 heterocycles. The van der Waals surface area contributed by atoms with E-state index in [1.807, 2.05) is 0 Å². The second-order valence-electron chi connectivity index (χ2n) is 5.87. The van der Waals surface area contributed by atoms with E-state index < -0.39 is 24.3 Å². The molecule has 2 aromatic rings. The number of ether oxygens (including phenoxy) is 2. The van der Waals surface area contributed by atoms with Gasteiger partial charge in [-0.15, -0.1) is 4.91 Å². The Balaban J connectivity index is 1.64. The normalized spacial score (nSPS) is 14.7. The summed E-state index contributed by atoms with van der Waals surface area (Å²) in [5.41, 5.74) is 1.14. The van der Waals surface area contributed by atoms with Crippen LogP contribution in [0, 0.1) is 4.91 Å². The van der Waals surface area contributed by atoms with Crippen LogP contribution in [0.1, 0.15) is 17.0 Å². The number of fused-ring (bicyclic) bond motifs is 1. The summed E-state index contributed by atoms with van der Waals surface area (Å²) >= 11 is 0. The largest absolute Gasteiger partial charge is 0.508 e. The number of phenols is 2. The number of carbonyl (C=O) groups is 2. The molecule has 1 atom stereocenters. The maximum Gasteiger partial charge on any atom is 0.305 e. The van der Waals surface area contributed by atoms with Crippen LogP contribution in [0.25, 0.3) is 0 Å². The van der Waals surface area contributed by atoms with Gasteiger partial charge in [0.15, 0.2) is 0 Å². The summed E-state index contributed by atoms with van der Waals surface area (Å²) in [6.45, 7) is -0.271. The number of nitroso groups, excluding NO2 is 1. The summed E-state index contributed by atoms with van der Waals surface area (Å²) in [5.74, 6) is -1.17. The molecule has 0 aliphatic carbocycles. The minimum Gasteiger partial charge on any atom is -0.508 e. The van der Waals surface area contributed by atoms with Gasteiger partial charge in [-0.25, -0.2) is 0 Å². The maximum absolute atomic E-state index is 12.1. The summed E-state index contributed by atoms with van der Waals surface area (Å²) in [4.78, 5) is 33.1. The Kier molecular flexibility index (Phi) is 5.20. The number of rotatable bonds is 6. The van der Waals surface area contributed by atoms with Crippen LogP contribution in [0.4, 0.5) is 0 Å². The molecule has 0 spiro atoms. The molecule has 0 radical (unpaired) electrons. The van der Waals surface area contributed by atoms with Gasteiger partial charge in [0.2, 0.25) is 5.91 Å². The first-order valence-electron chi connectivity index (χ1n) is 8.02. The van der Waals surface area contributed by atoms with Gasteiger partial charge in [0.05, 0.1) is 0 Å². The molecular weight excluding hydrogens is 356 g/mol. The Labute approximate surface area is 153 Å². The van der Waals surface area contributed by atoms with Crippen molar-refractivity contribution in [2.75, 3.05) is 13.2 Å². The molecule has 27 heavy (non-hydrogen) atoms. The minimum absolute atomic E-state index is 0.0443. The van der Waals surface area contributed by atoms with Gasteiger partial charge in [0, 0.05) is 28.4 Å². The fourth-order valence-electron chi connectivity index (χ4n) is 2.65. The van der Waals surface area contributed by atoms with Crippen molar-refractivity contribution in [1.29, 1.82) is 0 Å². The Hall–Kier alpha value is -3.62. The molecule has 3 rings (SSSR count). The zero-order chi connectivity index (χ0) is 19.4. The van der Waals surface area contributed by atoms with Crippen LogP contribution in [-0.4, -0.2) is 35.2 Å². The molecule has 140 valence electrons. The average Bonchev–Trinajstić information content (AvgIpc) is 3.08. The maximum atomic E-state index is 12.1. The highest BCUT2D eigenvalue weighted by Gasteiger charge is 2.31. The van der Waals surface area contributed by atoms with Crippen molar-refractivity contribution in [2.24, 2.45) is 5.18 Å². The van der Waals surface area contributed by atoms with E-state index in [1.54, 1.807) is 24.3 Å². The third kappa shape index (κ3) is 4.14. The number of nitrogens with one attached hydrogen (secondary N) is 1. The molecule has 0 saturated heterocycles. The highest BCUT2D eigenvalue weighted by atomic mass is 16.5. The number of carbonyl (C=O) groups excluding carboxylic acids is 2. The SMILES string of the molecule is O=NC(=O)CNC(=O)C1COc2cc(OCc3ccc(O)cc3O)ccc21. The summed E-state index contributed by atoms with van der Waals surface area (Å²) in [5, 5.41) is 23.6. The third-order valence-electron chi connectivity index (χ3n) is 4.06. The van der Waals surface area contributed by atoms with E-state index in [-0.39, 0.29) is 24.7 Å². The number of phenolic OH excluding ortho intramolecular Hbond substituents is 2. The molecule has 9 heteroatoms. The second kappa shape index (κ2) is 7.73. The van der Waals surface area contributed by atoms with E-state index in [1.165, 1.54) is 12.1 Å². The molecule has 2 aromatic carbocycles. The van der Waals surface area contributed by atoms with Crippen LogP contribution in [0.5, 0.6) is 23.0 Å². The standard InChI is InChI=1S/C18H16N2O7/c21-11-2-1-10(15(22)5-11)8-26-12-3-4-13-14(9-27-16(13)6-12)18(24)19-7-17(23)20-25/h1-6,14,21-22H,7-9H2,(H,19,24). The summed E-state index contributed by atoms with van der Waals surface area (Å²) in [6, 6.07) is 9.17. The zero-order valence-electron chi connectivity index (χ0n) is 14.0. The van der Waals surface area contributed by atoms with E-state index in [0.717, 1.165) is 0 Å². The van der Waals surface area contributed by atoms with E-state index >= 15 is 0 Å². The lowest BCUT2D eigenvalue weighted by molar-refractivity contribution is -0.125. The topological polar surface area (TPSA) is 135 Å². The predicted molar refractivity (Wildman–Crippen MR) is 92.6 cm³/mol. The zero-order valence-corrected chi connectivity index (χ0v) is 14.0. The van der Waals surface area contributed by atoms with Gasteiger partial charge in [0.25, 0.3) is 0 Å². The number of benzene rings is 2. The second-order valence-corrected chi connectivity index (χ2v) is 5.87. The molecule has 0 bridgehead atoms. The smallest absolute Gasteiger partial charge is 0.305 e. The van der Waals surface area contributed by atoms with Gasteiger partial charge >= 0.3 is 5.91 Å². The third-order valence-corrected chi connectivity index (χ3v) is 4.06. The molecule has 1 aliphatic rings. The Morgan fingerprint density at radius 2 is 2.04 bits per heavy atom. The van der Waals surface area contributed by atoms with Crippen LogP contribution in [0.2, 0.25) is 0 Å². The monoisotopic (exact) mass is 372 g/mol. The lowest BCUT2D eigenvalue weighted by Crippen LogP contribution is -2.33. The van der Waals surface area contributed by atoms with Crippen LogP contribution in [0.3, 0.4) is 0 Å². The number of amides is 2. The number of aromatic hydroxyl groups is 2. The van der Waals surface area contributed by atoms with Gasteiger partial charge in [-0.05, 0) is 18.2 Å². The lowest BCUT2D eigenvalue weighted by Gasteiger charge is -2.10. The lowest BCUT2D eigenvalue weighted by atomic mass is 10.0. The number of hydrogen-bond donors (Lipinski definition) is 3. The van der Waals surface area contributed by atoms with Crippen molar-refractivity contribution in [2.45, 2.75) is 12.5 Å². The van der Waals surface area contributed by atoms with Crippen molar-refractivity contribution in [3.63, 3.8) is 0 Å². The van der Waals surface area contributed by atoms with Gasteiger partial charge in [-0.1, -0.05) is 6.07 Å². The summed E-state index contributed by atoms with van der Waals surface area (Å²) in [7, 11) is 0. The van der Waals surface area contributed by atoms with Crippen LogP contribution < -0.4 is 14.8 Å². The van der Waals surface area contributed by atoms with Crippen molar-refractivity contribution in [3.05, 3.63) is 52.4 Å². The fourth-order valence-corrected chi connectivity index (χ4v) is 2.65. The molecule has 0 saturated carbocycles. The van der Waals surface area contributed by atoms with Crippen LogP contribution in [-0.2, 0) is 16.2 Å². The Bertz CT molecular complexity index is 897. The van der Waals surface area contributed by atoms with Gasteiger partial charge in [0.1, 0.15) is 48.7 Å². The van der Waals surface area contributed by atoms with Crippen LogP contribution >= 0.6 is 0 Å². The molecule has 0 fully saturated rings. The van der Waals surface area contributed by atoms with Crippen molar-refractivity contribution < 1.29 is 29.3 Å². The first kappa shape index (κ1) is 18.2. The predicted octanol–water partition coefficient (Wildman–Crippen LogP) is 1.56. The number of hydrogen-bond acceptors (Lipinski definition) is 7. The van der Waals surface area contributed by atoms with Crippen molar-refractivity contribution in [1.82, 2.24) is 5.32 Å². The molecular formula is C18H16N2O7. The summed E-state index contributed by atoms with van der Waals surface area (Å²) in [6.07, 6.45) is 0. The van der Waals surface area contributed by atoms with E-state index in [4.69, 9.17) is 9.47 Å². The highest BCUT2D eigenvalue weighted by molar-refractivity contribution is 5.89. The first-order chi connectivity index (χ1) is 13.0. The molecule has 1 aliphatic heterocycles. The molecule has 2 amide bonds. The molecule has 3 N–H and O–H groups in total. The molecule has 9 nitrogen and oxygen atoms in total. The average molecular weight is 372 g/mol. The highest BCUT2D eigenvalue weighted by Crippen LogP contribution is 2.37. The molecule has 0 aromatic heterocycles. The fraction of sp³-hybridized carbons (Fsp3) is 0.222. The van der Waals surface area contributed by atoms with E-state index in [2.05, 4.69) is 10.5 Å². The van der Waals surface area contributed by atoms with Gasteiger partial charge in [-0.2, -0.15) is 0 Å². The Morgan fingerprint density at radius 3 is 2.78 bits per heavy atom.